The van der Waals surface area contributed by atoms with Crippen LogP contribution >= 0.6 is 30.1 Å². The Morgan fingerprint density at radius 3 is 2.26 bits per heavy atom. The molecule has 1 aromatic rings. The van der Waals surface area contributed by atoms with Crippen molar-refractivity contribution >= 4 is 48.0 Å². The van der Waals surface area contributed by atoms with Crippen LogP contribution in [0.5, 0.6) is 0 Å². The third-order valence-electron chi connectivity index (χ3n) is 9.97. The average Bonchev–Trinajstić information content (AvgIpc) is 3.05. The summed E-state index contributed by atoms with van der Waals surface area (Å²) in [5, 5.41) is 12.9. The van der Waals surface area contributed by atoms with Gasteiger partial charge < -0.3 is 38.0 Å². The number of carbonyl (C=O) groups excluding carboxylic acids is 3. The predicted molar refractivity (Wildman–Crippen MR) is 220 cm³/mol. The van der Waals surface area contributed by atoms with Crippen LogP contribution in [0.15, 0.2) is 29.4 Å². The van der Waals surface area contributed by atoms with E-state index in [9.17, 15) is 14.4 Å². The van der Waals surface area contributed by atoms with E-state index in [4.69, 9.17) is 38.0 Å². The highest BCUT2D eigenvalue weighted by Crippen LogP contribution is 2.73. The van der Waals surface area contributed by atoms with Crippen molar-refractivity contribution in [3.05, 3.63) is 24.4 Å². The van der Waals surface area contributed by atoms with E-state index in [1.165, 1.54) is 20.8 Å². The zero-order chi connectivity index (χ0) is 42.2. The van der Waals surface area contributed by atoms with E-state index in [-0.39, 0.29) is 41.5 Å². The first kappa shape index (κ1) is 47.6. The Labute approximate surface area is 348 Å². The van der Waals surface area contributed by atoms with Crippen molar-refractivity contribution in [2.24, 2.45) is 10.8 Å². The fourth-order valence-electron chi connectivity index (χ4n) is 8.29. The minimum Gasteiger partial charge on any atom is -0.456 e. The molecule has 5 rings (SSSR count). The number of esters is 2. The second kappa shape index (κ2) is 20.5. The SMILES string of the molecule is CC(=O)NC1C(OCC23CC(OP(OCCC#N)N(C(C)C)C(C)C)(C2)C3)OC(COC(C)(C)CC(C)(C)CSSc2ccccn2)C(OC(C)=O)C1OC(C)=O. The molecule has 57 heavy (non-hydrogen) atoms. The van der Waals surface area contributed by atoms with Gasteiger partial charge in [-0.2, -0.15) is 5.26 Å². The normalized spacial score (nSPS) is 27.6. The average molecular weight is 855 g/mol. The summed E-state index contributed by atoms with van der Waals surface area (Å²) in [4.78, 5) is 41.9. The number of ether oxygens (including phenoxy) is 5. The Morgan fingerprint density at radius 1 is 1.05 bits per heavy atom. The van der Waals surface area contributed by atoms with Crippen molar-refractivity contribution in [3.63, 3.8) is 0 Å². The molecule has 320 valence electrons. The zero-order valence-electron chi connectivity index (χ0n) is 35.4. The standard InChI is InChI=1S/C40H63N4O10PS2/c1-26(2)44(27(3)4)55(50-18-14-16-41)54-40-21-39(22-40,23-40)24-48-36-33(43-28(5)45)35(52-30(7)47)34(51-29(6)46)31(53-36)19-49-38(10,11)20-37(8,9)25-56-57-32-15-12-13-17-42-32/h12-13,15,17,26-27,31,33-36H,14,18-25H2,1-11H3,(H,43,45). The van der Waals surface area contributed by atoms with Crippen LogP contribution in [-0.4, -0.2) is 107 Å². The first-order chi connectivity index (χ1) is 26.7. The van der Waals surface area contributed by atoms with Crippen LogP contribution in [0.2, 0.25) is 0 Å². The van der Waals surface area contributed by atoms with Gasteiger partial charge in [0.05, 0.1) is 43.5 Å². The molecule has 17 heteroatoms. The number of rotatable bonds is 23. The molecule has 3 saturated carbocycles. The second-order valence-corrected chi connectivity index (χ2v) is 21.2. The number of nitrogens with one attached hydrogen (secondary N) is 1. The van der Waals surface area contributed by atoms with E-state index in [1.807, 2.05) is 32.0 Å². The molecule has 2 heterocycles. The first-order valence-electron chi connectivity index (χ1n) is 19.7. The van der Waals surface area contributed by atoms with Gasteiger partial charge in [0.1, 0.15) is 17.2 Å². The van der Waals surface area contributed by atoms with Crippen molar-refractivity contribution in [3.8, 4) is 6.07 Å². The van der Waals surface area contributed by atoms with Crippen molar-refractivity contribution in [2.75, 3.05) is 25.6 Å². The minimum absolute atomic E-state index is 0.000910. The largest absolute Gasteiger partial charge is 0.456 e. The molecule has 3 aliphatic carbocycles. The topological polar surface area (TPSA) is 168 Å². The summed E-state index contributed by atoms with van der Waals surface area (Å²) in [5.41, 5.74) is -1.25. The van der Waals surface area contributed by atoms with Crippen molar-refractivity contribution < 1.29 is 47.1 Å². The maximum Gasteiger partial charge on any atom is 0.303 e. The van der Waals surface area contributed by atoms with Gasteiger partial charge >= 0.3 is 11.9 Å². The first-order valence-corrected chi connectivity index (χ1v) is 23.1. The molecular formula is C40H63N4O10PS2. The third-order valence-corrected chi connectivity index (χ3v) is 14.9. The quantitative estimate of drug-likeness (QED) is 0.0502. The summed E-state index contributed by atoms with van der Waals surface area (Å²) < 4.78 is 46.3. The molecule has 6 atom stereocenters. The molecule has 6 unspecified atom stereocenters. The molecule has 4 fully saturated rings. The summed E-state index contributed by atoms with van der Waals surface area (Å²) in [5.74, 6) is -0.758. The fraction of sp³-hybridized carbons (Fsp3) is 0.775. The number of aromatic nitrogens is 1. The maximum absolute atomic E-state index is 12.6. The number of pyridine rings is 1. The van der Waals surface area contributed by atoms with Crippen LogP contribution in [0, 0.1) is 22.2 Å². The molecule has 0 spiro atoms. The number of hydrogen-bond acceptors (Lipinski definition) is 15. The lowest BCUT2D eigenvalue weighted by Gasteiger charge is -2.70. The number of nitriles is 1. The highest BCUT2D eigenvalue weighted by atomic mass is 33.1. The smallest absolute Gasteiger partial charge is 0.303 e. The lowest BCUT2D eigenvalue weighted by Crippen LogP contribution is -2.71. The summed E-state index contributed by atoms with van der Waals surface area (Å²) in [6.45, 7) is 21.3. The molecule has 14 nitrogen and oxygen atoms in total. The van der Waals surface area contributed by atoms with E-state index in [0.717, 1.165) is 30.0 Å². The van der Waals surface area contributed by atoms with Gasteiger partial charge in [-0.25, -0.2) is 9.65 Å². The van der Waals surface area contributed by atoms with Crippen LogP contribution in [-0.2, 0) is 47.1 Å². The highest BCUT2D eigenvalue weighted by Gasteiger charge is 2.70. The Morgan fingerprint density at radius 2 is 1.70 bits per heavy atom. The van der Waals surface area contributed by atoms with Gasteiger partial charge in [-0.1, -0.05) is 30.7 Å². The highest BCUT2D eigenvalue weighted by molar-refractivity contribution is 8.76. The molecule has 2 bridgehead atoms. The zero-order valence-corrected chi connectivity index (χ0v) is 37.9. The lowest BCUT2D eigenvalue weighted by atomic mass is 9.41. The lowest BCUT2D eigenvalue weighted by molar-refractivity contribution is -0.318. The van der Waals surface area contributed by atoms with Gasteiger partial charge in [0.25, 0.3) is 8.53 Å². The number of nitrogens with zero attached hydrogens (tertiary/aromatic N) is 3. The summed E-state index contributed by atoms with van der Waals surface area (Å²) in [7, 11) is 1.98. The van der Waals surface area contributed by atoms with E-state index in [2.05, 4.69) is 62.6 Å². The summed E-state index contributed by atoms with van der Waals surface area (Å²) in [6, 6.07) is 7.40. The molecule has 0 radical (unpaired) electrons. The van der Waals surface area contributed by atoms with E-state index >= 15 is 0 Å². The molecule has 4 aliphatic rings. The van der Waals surface area contributed by atoms with Gasteiger partial charge in [-0.05, 0) is 95.6 Å². The van der Waals surface area contributed by atoms with Crippen LogP contribution in [0.4, 0.5) is 0 Å². The Balaban J connectivity index is 1.46. The summed E-state index contributed by atoms with van der Waals surface area (Å²) in [6.07, 6.45) is 0.880. The maximum atomic E-state index is 12.6. The Bertz CT molecular complexity index is 1520. The predicted octanol–water partition coefficient (Wildman–Crippen LogP) is 7.36. The second-order valence-electron chi connectivity index (χ2n) is 17.5. The molecule has 1 aliphatic heterocycles. The minimum atomic E-state index is -1.39. The molecule has 0 aromatic carbocycles. The van der Waals surface area contributed by atoms with Gasteiger partial charge in [-0.15, -0.1) is 0 Å². The van der Waals surface area contributed by atoms with Gasteiger partial charge in [0, 0.05) is 50.2 Å². The molecular weight excluding hydrogens is 792 g/mol. The third kappa shape index (κ3) is 13.7. The number of hydrogen-bond donors (Lipinski definition) is 1. The Hall–Kier alpha value is -2.06. The molecule has 1 amide bonds. The van der Waals surface area contributed by atoms with Crippen LogP contribution < -0.4 is 5.32 Å². The van der Waals surface area contributed by atoms with Crippen molar-refractivity contribution in [1.29, 1.82) is 5.26 Å². The number of amides is 1. The van der Waals surface area contributed by atoms with Crippen molar-refractivity contribution in [1.82, 2.24) is 15.0 Å². The molecule has 1 saturated heterocycles. The fourth-order valence-corrected chi connectivity index (χ4v) is 12.7. The van der Waals surface area contributed by atoms with Crippen LogP contribution in [0.3, 0.4) is 0 Å². The monoisotopic (exact) mass is 854 g/mol. The number of carbonyl (C=O) groups is 3. The van der Waals surface area contributed by atoms with Crippen molar-refractivity contribution in [2.45, 2.75) is 167 Å². The summed E-state index contributed by atoms with van der Waals surface area (Å²) >= 11 is 0. The molecule has 1 aromatic heterocycles. The van der Waals surface area contributed by atoms with Gasteiger partial charge in [0.2, 0.25) is 5.91 Å². The molecule has 1 N–H and O–H groups in total. The Kier molecular flexibility index (Phi) is 17.1. The van der Waals surface area contributed by atoms with E-state index < -0.39 is 62.6 Å². The van der Waals surface area contributed by atoms with Gasteiger partial charge in [0.15, 0.2) is 18.5 Å². The van der Waals surface area contributed by atoms with Gasteiger partial charge in [-0.3, -0.25) is 14.4 Å². The van der Waals surface area contributed by atoms with E-state index in [1.54, 1.807) is 27.8 Å². The van der Waals surface area contributed by atoms with Crippen LogP contribution in [0.1, 0.15) is 108 Å². The van der Waals surface area contributed by atoms with E-state index in [0.29, 0.717) is 19.6 Å². The van der Waals surface area contributed by atoms with Crippen LogP contribution in [0.25, 0.3) is 0 Å².